The van der Waals surface area contributed by atoms with Gasteiger partial charge in [0.1, 0.15) is 12.1 Å². The Morgan fingerprint density at radius 1 is 1.37 bits per heavy atom. The molecule has 138 valence electrons. The van der Waals surface area contributed by atoms with Crippen molar-refractivity contribution in [1.29, 1.82) is 0 Å². The van der Waals surface area contributed by atoms with Gasteiger partial charge in [-0.3, -0.25) is 0 Å². The fourth-order valence-corrected chi connectivity index (χ4v) is 3.81. The maximum Gasteiger partial charge on any atom is 0.338 e. The number of hydrogen-bond donors (Lipinski definition) is 1. The zero-order valence-electron chi connectivity index (χ0n) is 15.1. The zero-order chi connectivity index (χ0) is 18.6. The molecule has 27 heavy (non-hydrogen) atoms. The molecule has 0 radical (unpaired) electrons. The number of aromatic nitrogens is 2. The van der Waals surface area contributed by atoms with E-state index in [1.54, 1.807) is 23.7 Å². The Morgan fingerprint density at radius 2 is 2.26 bits per heavy atom. The topological polar surface area (TPSA) is 64.1 Å². The van der Waals surface area contributed by atoms with Gasteiger partial charge in [-0.1, -0.05) is 24.3 Å². The van der Waals surface area contributed by atoms with Gasteiger partial charge >= 0.3 is 5.97 Å². The minimum absolute atomic E-state index is 0.278. The number of nitrogens with zero attached hydrogens (tertiary/aromatic N) is 2. The van der Waals surface area contributed by atoms with Crippen molar-refractivity contribution in [3.05, 3.63) is 58.7 Å². The Balaban J connectivity index is 1.49. The molecule has 5 nitrogen and oxygen atoms in total. The molecule has 2 heterocycles. The smallest absolute Gasteiger partial charge is 0.338 e. The minimum atomic E-state index is -0.278. The first-order valence-corrected chi connectivity index (χ1v) is 10.0. The molecule has 1 aliphatic rings. The van der Waals surface area contributed by atoms with Crippen molar-refractivity contribution in [2.24, 2.45) is 0 Å². The quantitative estimate of drug-likeness (QED) is 0.603. The van der Waals surface area contributed by atoms with E-state index in [-0.39, 0.29) is 5.97 Å². The van der Waals surface area contributed by atoms with Crippen LogP contribution in [0.15, 0.2) is 42.0 Å². The van der Waals surface area contributed by atoms with E-state index in [0.717, 1.165) is 33.6 Å². The highest BCUT2D eigenvalue weighted by Crippen LogP contribution is 2.33. The predicted octanol–water partition coefficient (Wildman–Crippen LogP) is 4.70. The number of benzene rings is 1. The van der Waals surface area contributed by atoms with Crippen LogP contribution in [0, 0.1) is 0 Å². The average molecular weight is 379 g/mol. The fraction of sp³-hybridized carbons (Fsp3) is 0.286. The molecule has 3 aromatic rings. The maximum atomic E-state index is 11.9. The summed E-state index contributed by atoms with van der Waals surface area (Å²) in [5.41, 5.74) is 3.74. The lowest BCUT2D eigenvalue weighted by atomic mass is 10.1. The number of rotatable bonds is 7. The molecule has 1 fully saturated rings. The SMILES string of the molecule is CCOC(=O)c1cccc(C/C=C/c2csc3c(NC4CC4)ncnc23)c1. The summed E-state index contributed by atoms with van der Waals surface area (Å²) in [5, 5.41) is 5.59. The van der Waals surface area contributed by atoms with Gasteiger partial charge in [-0.2, -0.15) is 0 Å². The summed E-state index contributed by atoms with van der Waals surface area (Å²) in [6.45, 7) is 2.19. The van der Waals surface area contributed by atoms with Gasteiger partial charge in [-0.15, -0.1) is 11.3 Å². The lowest BCUT2D eigenvalue weighted by molar-refractivity contribution is 0.0526. The second-order valence-electron chi connectivity index (χ2n) is 6.54. The average Bonchev–Trinajstić information content (AvgIpc) is 3.40. The van der Waals surface area contributed by atoms with Crippen molar-refractivity contribution in [3.63, 3.8) is 0 Å². The number of nitrogens with one attached hydrogen (secondary N) is 1. The van der Waals surface area contributed by atoms with Crippen LogP contribution in [0.25, 0.3) is 16.3 Å². The second-order valence-corrected chi connectivity index (χ2v) is 7.42. The van der Waals surface area contributed by atoms with Gasteiger partial charge in [-0.05, 0) is 43.9 Å². The zero-order valence-corrected chi connectivity index (χ0v) is 16.0. The molecule has 1 aromatic carbocycles. The second kappa shape index (κ2) is 7.88. The molecule has 0 unspecified atom stereocenters. The van der Waals surface area contributed by atoms with E-state index >= 15 is 0 Å². The van der Waals surface area contributed by atoms with E-state index in [1.807, 2.05) is 25.1 Å². The molecule has 6 heteroatoms. The van der Waals surface area contributed by atoms with Crippen LogP contribution in [0.5, 0.6) is 0 Å². The van der Waals surface area contributed by atoms with E-state index in [9.17, 15) is 4.79 Å². The molecule has 0 atom stereocenters. The van der Waals surface area contributed by atoms with Gasteiger partial charge in [0.05, 0.1) is 22.4 Å². The third kappa shape index (κ3) is 4.17. The number of fused-ring (bicyclic) bond motifs is 1. The summed E-state index contributed by atoms with van der Waals surface area (Å²) in [6.07, 6.45) is 8.98. The summed E-state index contributed by atoms with van der Waals surface area (Å²) < 4.78 is 6.17. The number of carbonyl (C=O) groups is 1. The maximum absolute atomic E-state index is 11.9. The number of anilines is 1. The van der Waals surface area contributed by atoms with Crippen LogP contribution in [0.3, 0.4) is 0 Å². The Morgan fingerprint density at radius 3 is 3.07 bits per heavy atom. The molecule has 0 saturated heterocycles. The van der Waals surface area contributed by atoms with Gasteiger partial charge in [0.15, 0.2) is 0 Å². The van der Waals surface area contributed by atoms with Crippen molar-refractivity contribution in [2.75, 3.05) is 11.9 Å². The van der Waals surface area contributed by atoms with E-state index in [2.05, 4.69) is 32.8 Å². The monoisotopic (exact) mass is 379 g/mol. The molecular formula is C21H21N3O2S. The lowest BCUT2D eigenvalue weighted by Gasteiger charge is -2.04. The van der Waals surface area contributed by atoms with E-state index in [0.29, 0.717) is 18.2 Å². The number of hydrogen-bond acceptors (Lipinski definition) is 6. The fourth-order valence-electron chi connectivity index (χ4n) is 2.87. The number of esters is 1. The standard InChI is InChI=1S/C21H21N3O2S/c1-2-26-21(25)15-7-3-5-14(11-15)6-4-8-16-12-27-19-18(16)22-13-23-20(19)24-17-9-10-17/h3-5,7-8,11-13,17H,2,6,9-10H2,1H3,(H,22,23,24)/b8-4+. The molecule has 0 amide bonds. The summed E-state index contributed by atoms with van der Waals surface area (Å²) >= 11 is 1.67. The molecule has 0 aliphatic heterocycles. The van der Waals surface area contributed by atoms with Gasteiger partial charge in [0, 0.05) is 17.0 Å². The summed E-state index contributed by atoms with van der Waals surface area (Å²) in [5.74, 6) is 0.661. The van der Waals surface area contributed by atoms with Crippen molar-refractivity contribution in [3.8, 4) is 0 Å². The first kappa shape index (κ1) is 17.7. The normalized spacial score (nSPS) is 14.0. The summed E-state index contributed by atoms with van der Waals surface area (Å²) in [4.78, 5) is 20.7. The molecule has 0 bridgehead atoms. The highest BCUT2D eigenvalue weighted by Gasteiger charge is 2.22. The van der Waals surface area contributed by atoms with Crippen LogP contribution in [0.1, 0.15) is 41.3 Å². The largest absolute Gasteiger partial charge is 0.462 e. The van der Waals surface area contributed by atoms with E-state index < -0.39 is 0 Å². The molecule has 1 N–H and O–H groups in total. The number of ether oxygens (including phenoxy) is 1. The van der Waals surface area contributed by atoms with Crippen molar-refractivity contribution < 1.29 is 9.53 Å². The van der Waals surface area contributed by atoms with Gasteiger partial charge in [-0.25, -0.2) is 14.8 Å². The highest BCUT2D eigenvalue weighted by molar-refractivity contribution is 7.18. The van der Waals surface area contributed by atoms with E-state index in [4.69, 9.17) is 4.74 Å². The number of allylic oxidation sites excluding steroid dienone is 1. The first-order chi connectivity index (χ1) is 13.2. The van der Waals surface area contributed by atoms with Crippen LogP contribution in [0.2, 0.25) is 0 Å². The van der Waals surface area contributed by atoms with Crippen molar-refractivity contribution >= 4 is 39.4 Å². The highest BCUT2D eigenvalue weighted by atomic mass is 32.1. The van der Waals surface area contributed by atoms with Crippen molar-refractivity contribution in [2.45, 2.75) is 32.2 Å². The van der Waals surface area contributed by atoms with Crippen LogP contribution in [-0.4, -0.2) is 28.6 Å². The molecule has 4 rings (SSSR count). The summed E-state index contributed by atoms with van der Waals surface area (Å²) in [7, 11) is 0. The Hall–Kier alpha value is -2.73. The first-order valence-electron chi connectivity index (χ1n) is 9.16. The third-order valence-corrected chi connectivity index (χ3v) is 5.38. The van der Waals surface area contributed by atoms with Crippen LogP contribution < -0.4 is 5.32 Å². The Labute approximate surface area is 162 Å². The van der Waals surface area contributed by atoms with Gasteiger partial charge < -0.3 is 10.1 Å². The molecule has 1 saturated carbocycles. The number of carbonyl (C=O) groups excluding carboxylic acids is 1. The summed E-state index contributed by atoms with van der Waals surface area (Å²) in [6, 6.07) is 8.13. The molecular weight excluding hydrogens is 358 g/mol. The van der Waals surface area contributed by atoms with Crippen molar-refractivity contribution in [1.82, 2.24) is 9.97 Å². The van der Waals surface area contributed by atoms with Crippen LogP contribution in [0.4, 0.5) is 5.82 Å². The Kier molecular flexibility index (Phi) is 5.16. The minimum Gasteiger partial charge on any atom is -0.462 e. The van der Waals surface area contributed by atoms with Gasteiger partial charge in [0.25, 0.3) is 0 Å². The molecule has 1 aliphatic carbocycles. The van der Waals surface area contributed by atoms with Crippen LogP contribution in [-0.2, 0) is 11.2 Å². The lowest BCUT2D eigenvalue weighted by Crippen LogP contribution is -2.04. The number of thiophene rings is 1. The molecule has 2 aromatic heterocycles. The third-order valence-electron chi connectivity index (χ3n) is 4.39. The predicted molar refractivity (Wildman–Crippen MR) is 109 cm³/mol. The van der Waals surface area contributed by atoms with Crippen LogP contribution >= 0.6 is 11.3 Å². The van der Waals surface area contributed by atoms with Gasteiger partial charge in [0.2, 0.25) is 0 Å². The Bertz CT molecular complexity index is 992. The molecule has 0 spiro atoms. The van der Waals surface area contributed by atoms with E-state index in [1.165, 1.54) is 12.8 Å².